The second kappa shape index (κ2) is 7.50. The SMILES string of the molecule is COC1(C)CCC(Cl)=C(C=O)C1.ClCCl. The summed E-state index contributed by atoms with van der Waals surface area (Å²) >= 11 is 15.4. The molecular weight excluding hydrogens is 258 g/mol. The van der Waals surface area contributed by atoms with Crippen molar-refractivity contribution < 1.29 is 9.53 Å². The molecule has 2 nitrogen and oxygen atoms in total. The first kappa shape index (κ1) is 15.2. The Morgan fingerprint density at radius 3 is 2.47 bits per heavy atom. The number of hydrogen-bond donors (Lipinski definition) is 0. The number of hydrogen-bond acceptors (Lipinski definition) is 2. The number of rotatable bonds is 2. The monoisotopic (exact) mass is 272 g/mol. The quantitative estimate of drug-likeness (QED) is 0.566. The summed E-state index contributed by atoms with van der Waals surface area (Å²) in [7, 11) is 1.67. The molecule has 0 heterocycles. The second-order valence-corrected chi connectivity index (χ2v) is 4.74. The van der Waals surface area contributed by atoms with Gasteiger partial charge in [0.15, 0.2) is 0 Å². The molecule has 5 heteroatoms. The van der Waals surface area contributed by atoms with Crippen LogP contribution in [0.2, 0.25) is 0 Å². The van der Waals surface area contributed by atoms with Crippen LogP contribution in [-0.4, -0.2) is 24.3 Å². The molecule has 1 atom stereocenters. The van der Waals surface area contributed by atoms with Crippen LogP contribution in [-0.2, 0) is 9.53 Å². The Hall–Kier alpha value is 0.240. The highest BCUT2D eigenvalue weighted by Gasteiger charge is 2.30. The average Bonchev–Trinajstić information content (AvgIpc) is 2.23. The van der Waals surface area contributed by atoms with Gasteiger partial charge in [0.1, 0.15) is 6.29 Å². The lowest BCUT2D eigenvalue weighted by molar-refractivity contribution is -0.106. The highest BCUT2D eigenvalue weighted by atomic mass is 35.5. The van der Waals surface area contributed by atoms with Gasteiger partial charge in [0.25, 0.3) is 0 Å². The van der Waals surface area contributed by atoms with Crippen LogP contribution in [0.15, 0.2) is 10.6 Å². The molecule has 0 fully saturated rings. The van der Waals surface area contributed by atoms with E-state index < -0.39 is 0 Å². The number of carbonyl (C=O) groups excluding carboxylic acids is 1. The van der Waals surface area contributed by atoms with E-state index in [0.717, 1.165) is 19.1 Å². The van der Waals surface area contributed by atoms with Gasteiger partial charge in [-0.15, -0.1) is 23.2 Å². The maximum atomic E-state index is 10.6. The van der Waals surface area contributed by atoms with E-state index in [4.69, 9.17) is 39.5 Å². The number of alkyl halides is 2. The Kier molecular flexibility index (Phi) is 7.62. The molecule has 0 radical (unpaired) electrons. The zero-order valence-corrected chi connectivity index (χ0v) is 11.1. The third kappa shape index (κ3) is 5.21. The molecule has 15 heavy (non-hydrogen) atoms. The van der Waals surface area contributed by atoms with Crippen LogP contribution in [0.5, 0.6) is 0 Å². The highest BCUT2D eigenvalue weighted by molar-refractivity contribution is 6.40. The topological polar surface area (TPSA) is 26.3 Å². The Morgan fingerprint density at radius 1 is 1.53 bits per heavy atom. The van der Waals surface area contributed by atoms with Gasteiger partial charge in [-0.25, -0.2) is 0 Å². The van der Waals surface area contributed by atoms with Crippen molar-refractivity contribution in [1.29, 1.82) is 0 Å². The predicted octanol–water partition coefficient (Wildman–Crippen LogP) is 3.69. The van der Waals surface area contributed by atoms with Crippen molar-refractivity contribution in [1.82, 2.24) is 0 Å². The molecule has 0 N–H and O–H groups in total. The molecule has 0 aromatic rings. The standard InChI is InChI=1S/C9H13ClO2.CH2Cl2/c1-9(12-2)4-3-8(10)7(5-9)6-11;2-1-3/h6H,3-5H2,1-2H3;1H2. The lowest BCUT2D eigenvalue weighted by Gasteiger charge is -2.32. The number of ether oxygens (including phenoxy) is 1. The average molecular weight is 274 g/mol. The van der Waals surface area contributed by atoms with Crippen molar-refractivity contribution in [2.75, 3.05) is 12.4 Å². The smallest absolute Gasteiger partial charge is 0.147 e. The van der Waals surface area contributed by atoms with Crippen LogP contribution >= 0.6 is 34.8 Å². The van der Waals surface area contributed by atoms with Crippen LogP contribution < -0.4 is 0 Å². The molecule has 0 saturated heterocycles. The van der Waals surface area contributed by atoms with Crippen molar-refractivity contribution >= 4 is 41.1 Å². The molecule has 1 aliphatic carbocycles. The fourth-order valence-corrected chi connectivity index (χ4v) is 1.61. The summed E-state index contributed by atoms with van der Waals surface area (Å²) in [4.78, 5) is 10.6. The lowest BCUT2D eigenvalue weighted by Crippen LogP contribution is -2.31. The van der Waals surface area contributed by atoms with E-state index in [2.05, 4.69) is 0 Å². The number of aldehydes is 1. The number of halogens is 3. The molecule has 1 aliphatic rings. The first-order valence-corrected chi connectivity index (χ1v) is 5.97. The molecule has 1 rings (SSSR count). The first-order valence-electron chi connectivity index (χ1n) is 4.52. The minimum Gasteiger partial charge on any atom is -0.378 e. The third-order valence-electron chi connectivity index (χ3n) is 2.42. The van der Waals surface area contributed by atoms with Gasteiger partial charge in [-0.3, -0.25) is 4.79 Å². The summed E-state index contributed by atoms with van der Waals surface area (Å²) in [6.07, 6.45) is 3.10. The van der Waals surface area contributed by atoms with E-state index >= 15 is 0 Å². The van der Waals surface area contributed by atoms with Gasteiger partial charge >= 0.3 is 0 Å². The maximum Gasteiger partial charge on any atom is 0.147 e. The zero-order chi connectivity index (χ0) is 11.9. The highest BCUT2D eigenvalue weighted by Crippen LogP contribution is 2.35. The van der Waals surface area contributed by atoms with E-state index in [1.807, 2.05) is 6.92 Å². The number of carbonyl (C=O) groups is 1. The zero-order valence-electron chi connectivity index (χ0n) is 8.86. The van der Waals surface area contributed by atoms with Crippen LogP contribution in [0.3, 0.4) is 0 Å². The van der Waals surface area contributed by atoms with Gasteiger partial charge < -0.3 is 4.74 Å². The summed E-state index contributed by atoms with van der Waals surface area (Å²) < 4.78 is 5.31. The largest absolute Gasteiger partial charge is 0.378 e. The summed E-state index contributed by atoms with van der Waals surface area (Å²) in [5.41, 5.74) is 0.488. The van der Waals surface area contributed by atoms with Gasteiger partial charge in [-0.1, -0.05) is 11.6 Å². The second-order valence-electron chi connectivity index (χ2n) is 3.48. The first-order chi connectivity index (χ1) is 7.02. The summed E-state index contributed by atoms with van der Waals surface area (Å²) in [6.45, 7) is 2.00. The maximum absolute atomic E-state index is 10.6. The van der Waals surface area contributed by atoms with Gasteiger partial charge in [-0.05, 0) is 19.8 Å². The molecule has 88 valence electrons. The van der Waals surface area contributed by atoms with Crippen molar-refractivity contribution in [3.8, 4) is 0 Å². The lowest BCUT2D eigenvalue weighted by atomic mass is 9.86. The van der Waals surface area contributed by atoms with Gasteiger partial charge in [-0.2, -0.15) is 0 Å². The molecule has 0 aliphatic heterocycles. The molecular formula is C10H15Cl3O2. The van der Waals surface area contributed by atoms with Crippen molar-refractivity contribution in [2.45, 2.75) is 31.8 Å². The normalized spacial score (nSPS) is 25.7. The Labute approximate surface area is 106 Å². The van der Waals surface area contributed by atoms with E-state index in [-0.39, 0.29) is 10.9 Å². The molecule has 0 bridgehead atoms. The minimum atomic E-state index is -0.200. The fourth-order valence-electron chi connectivity index (χ4n) is 1.40. The fraction of sp³-hybridized carbons (Fsp3) is 0.700. The molecule has 0 saturated carbocycles. The molecule has 0 aromatic heterocycles. The van der Waals surface area contributed by atoms with Gasteiger partial charge in [0.2, 0.25) is 0 Å². The third-order valence-corrected chi connectivity index (χ3v) is 2.85. The van der Waals surface area contributed by atoms with E-state index in [0.29, 0.717) is 17.0 Å². The Bertz CT molecular complexity index is 241. The summed E-state index contributed by atoms with van der Waals surface area (Å²) in [5.74, 6) is 0. The van der Waals surface area contributed by atoms with E-state index in [1.54, 1.807) is 7.11 Å². The Balaban J connectivity index is 0.000000583. The number of allylic oxidation sites excluding steroid dienone is 1. The molecule has 1 unspecified atom stereocenters. The predicted molar refractivity (Wildman–Crippen MR) is 64.8 cm³/mol. The van der Waals surface area contributed by atoms with E-state index in [9.17, 15) is 4.79 Å². The van der Waals surface area contributed by atoms with Gasteiger partial charge in [0, 0.05) is 24.1 Å². The van der Waals surface area contributed by atoms with Crippen LogP contribution in [0.25, 0.3) is 0 Å². The molecule has 0 aromatic carbocycles. The van der Waals surface area contributed by atoms with Crippen LogP contribution in [0.4, 0.5) is 0 Å². The Morgan fingerprint density at radius 2 is 2.07 bits per heavy atom. The van der Waals surface area contributed by atoms with Gasteiger partial charge in [0.05, 0.1) is 10.9 Å². The molecule has 0 amide bonds. The molecule has 0 spiro atoms. The van der Waals surface area contributed by atoms with Crippen molar-refractivity contribution in [2.24, 2.45) is 0 Å². The van der Waals surface area contributed by atoms with E-state index in [1.165, 1.54) is 0 Å². The van der Waals surface area contributed by atoms with Crippen LogP contribution in [0, 0.1) is 0 Å². The van der Waals surface area contributed by atoms with Crippen molar-refractivity contribution in [3.05, 3.63) is 10.6 Å². The minimum absolute atomic E-state index is 0.194. The van der Waals surface area contributed by atoms with Crippen LogP contribution in [0.1, 0.15) is 26.2 Å². The number of methoxy groups -OCH3 is 1. The summed E-state index contributed by atoms with van der Waals surface area (Å²) in [5, 5.41) is 0.888. The summed E-state index contributed by atoms with van der Waals surface area (Å²) in [6, 6.07) is 0. The van der Waals surface area contributed by atoms with Crippen molar-refractivity contribution in [3.63, 3.8) is 0 Å².